The first-order valence-corrected chi connectivity index (χ1v) is 9.23. The van der Waals surface area contributed by atoms with Crippen molar-refractivity contribution in [3.05, 3.63) is 59.7 Å². The van der Waals surface area contributed by atoms with Crippen molar-refractivity contribution in [2.75, 3.05) is 14.2 Å². The lowest BCUT2D eigenvalue weighted by atomic mass is 9.73. The number of Topliss-reactive ketones (excluding diaryl/α,β-unsaturated/α-hetero) is 1. The van der Waals surface area contributed by atoms with E-state index < -0.39 is 0 Å². The van der Waals surface area contributed by atoms with Gasteiger partial charge in [0.1, 0.15) is 17.3 Å². The molecule has 134 valence electrons. The van der Waals surface area contributed by atoms with Gasteiger partial charge < -0.3 is 9.47 Å². The summed E-state index contributed by atoms with van der Waals surface area (Å²) in [6.07, 6.45) is 3.58. The number of benzene rings is 2. The molecule has 0 aromatic heterocycles. The van der Waals surface area contributed by atoms with Crippen LogP contribution in [-0.4, -0.2) is 20.0 Å². The summed E-state index contributed by atoms with van der Waals surface area (Å²) in [6.45, 7) is 0. The summed E-state index contributed by atoms with van der Waals surface area (Å²) in [5.74, 6) is 2.83. The second kappa shape index (κ2) is 6.99. The monoisotopic (exact) mass is 348 g/mol. The van der Waals surface area contributed by atoms with Gasteiger partial charge >= 0.3 is 0 Å². The second-order valence-corrected chi connectivity index (χ2v) is 7.19. The van der Waals surface area contributed by atoms with Crippen LogP contribution in [0.25, 0.3) is 11.1 Å². The molecule has 0 saturated heterocycles. The van der Waals surface area contributed by atoms with E-state index in [2.05, 4.69) is 24.3 Å². The third-order valence-corrected chi connectivity index (χ3v) is 5.88. The van der Waals surface area contributed by atoms with E-state index in [1.165, 1.54) is 22.3 Å². The number of carbonyl (C=O) groups is 1. The second-order valence-electron chi connectivity index (χ2n) is 7.19. The molecule has 0 heterocycles. The van der Waals surface area contributed by atoms with E-state index in [0.29, 0.717) is 11.7 Å². The van der Waals surface area contributed by atoms with Crippen molar-refractivity contribution >= 4 is 16.9 Å². The number of carbonyl (C=O) groups excluding carboxylic acids is 1. The van der Waals surface area contributed by atoms with Crippen LogP contribution in [0.2, 0.25) is 0 Å². The summed E-state index contributed by atoms with van der Waals surface area (Å²) >= 11 is 0. The Morgan fingerprint density at radius 3 is 1.77 bits per heavy atom. The fourth-order valence-corrected chi connectivity index (χ4v) is 4.40. The average molecular weight is 348 g/mol. The minimum atomic E-state index is 0.189. The molecule has 2 atom stereocenters. The van der Waals surface area contributed by atoms with Gasteiger partial charge in [0.15, 0.2) is 0 Å². The first kappa shape index (κ1) is 16.9. The lowest BCUT2D eigenvalue weighted by molar-refractivity contribution is -0.121. The highest BCUT2D eigenvalue weighted by atomic mass is 16.5. The van der Waals surface area contributed by atoms with Crippen LogP contribution >= 0.6 is 0 Å². The highest BCUT2D eigenvalue weighted by molar-refractivity contribution is 5.96. The van der Waals surface area contributed by atoms with Gasteiger partial charge in [-0.05, 0) is 71.7 Å². The standard InChI is InChI=1S/C23H24O3/c1-25-18-8-3-15(4-9-18)20-13-17-7-12-23(24)22(17)14-21(20)16-5-10-19(26-2)11-6-16/h3-6,8-11,17,22H,7,12-14H2,1-2H3. The van der Waals surface area contributed by atoms with E-state index in [-0.39, 0.29) is 5.92 Å². The maximum atomic E-state index is 12.4. The first-order valence-electron chi connectivity index (χ1n) is 9.23. The van der Waals surface area contributed by atoms with Crippen molar-refractivity contribution in [3.63, 3.8) is 0 Å². The smallest absolute Gasteiger partial charge is 0.136 e. The van der Waals surface area contributed by atoms with Crippen LogP contribution in [0.4, 0.5) is 0 Å². The van der Waals surface area contributed by atoms with Gasteiger partial charge in [-0.3, -0.25) is 4.79 Å². The normalized spacial score (nSPS) is 22.3. The number of allylic oxidation sites excluding steroid dienone is 2. The van der Waals surface area contributed by atoms with Crippen LogP contribution in [0.3, 0.4) is 0 Å². The topological polar surface area (TPSA) is 35.5 Å². The lowest BCUT2D eigenvalue weighted by Gasteiger charge is -2.30. The minimum Gasteiger partial charge on any atom is -0.497 e. The van der Waals surface area contributed by atoms with Crippen molar-refractivity contribution in [2.24, 2.45) is 11.8 Å². The Hall–Kier alpha value is -2.55. The number of ketones is 1. The van der Waals surface area contributed by atoms with Crippen LogP contribution in [-0.2, 0) is 4.79 Å². The zero-order valence-electron chi connectivity index (χ0n) is 15.3. The van der Waals surface area contributed by atoms with Crippen LogP contribution in [0, 0.1) is 11.8 Å². The fraction of sp³-hybridized carbons (Fsp3) is 0.348. The quantitative estimate of drug-likeness (QED) is 0.780. The molecule has 1 saturated carbocycles. The van der Waals surface area contributed by atoms with Crippen molar-refractivity contribution in [1.29, 1.82) is 0 Å². The van der Waals surface area contributed by atoms with Crippen LogP contribution in [0.5, 0.6) is 11.5 Å². The summed E-state index contributed by atoms with van der Waals surface area (Å²) < 4.78 is 10.6. The Balaban J connectivity index is 1.78. The van der Waals surface area contributed by atoms with Crippen LogP contribution in [0.1, 0.15) is 36.8 Å². The molecule has 4 rings (SSSR count). The van der Waals surface area contributed by atoms with E-state index >= 15 is 0 Å². The van der Waals surface area contributed by atoms with E-state index in [4.69, 9.17) is 9.47 Å². The third-order valence-electron chi connectivity index (χ3n) is 5.88. The van der Waals surface area contributed by atoms with Crippen LogP contribution < -0.4 is 9.47 Å². The minimum absolute atomic E-state index is 0.189. The molecule has 0 aliphatic heterocycles. The molecular formula is C23H24O3. The molecule has 2 aliphatic rings. The maximum absolute atomic E-state index is 12.4. The zero-order chi connectivity index (χ0) is 18.1. The van der Waals surface area contributed by atoms with Gasteiger partial charge in [0.25, 0.3) is 0 Å². The Labute approximate surface area is 154 Å². The Kier molecular flexibility index (Phi) is 4.54. The predicted molar refractivity (Wildman–Crippen MR) is 103 cm³/mol. The van der Waals surface area contributed by atoms with Crippen molar-refractivity contribution in [3.8, 4) is 11.5 Å². The number of ether oxygens (including phenoxy) is 2. The zero-order valence-corrected chi connectivity index (χ0v) is 15.3. The molecule has 2 aliphatic carbocycles. The van der Waals surface area contributed by atoms with Crippen molar-refractivity contribution < 1.29 is 14.3 Å². The molecule has 2 aromatic rings. The molecular weight excluding hydrogens is 324 g/mol. The largest absolute Gasteiger partial charge is 0.497 e. The number of hydrogen-bond donors (Lipinski definition) is 0. The van der Waals surface area contributed by atoms with Gasteiger partial charge in [0, 0.05) is 12.3 Å². The average Bonchev–Trinajstić information content (AvgIpc) is 3.07. The highest BCUT2D eigenvalue weighted by Crippen LogP contribution is 2.48. The predicted octanol–water partition coefficient (Wildman–Crippen LogP) is 5.00. The lowest BCUT2D eigenvalue weighted by Crippen LogP contribution is -2.20. The molecule has 2 aromatic carbocycles. The van der Waals surface area contributed by atoms with Crippen molar-refractivity contribution in [1.82, 2.24) is 0 Å². The molecule has 0 N–H and O–H groups in total. The Morgan fingerprint density at radius 2 is 1.27 bits per heavy atom. The SMILES string of the molecule is COc1ccc(C2=C(c3ccc(OC)cc3)CC3C(=O)CCC3C2)cc1. The fourth-order valence-electron chi connectivity index (χ4n) is 4.40. The van der Waals surface area contributed by atoms with Gasteiger partial charge in [0.05, 0.1) is 14.2 Å². The third kappa shape index (κ3) is 3.03. The molecule has 0 amide bonds. The first-order chi connectivity index (χ1) is 12.7. The van der Waals surface area contributed by atoms with Gasteiger partial charge in [-0.25, -0.2) is 0 Å². The van der Waals surface area contributed by atoms with Crippen LogP contribution in [0.15, 0.2) is 48.5 Å². The molecule has 0 spiro atoms. The van der Waals surface area contributed by atoms with Crippen molar-refractivity contribution in [2.45, 2.75) is 25.7 Å². The number of fused-ring (bicyclic) bond motifs is 1. The number of hydrogen-bond acceptors (Lipinski definition) is 3. The Morgan fingerprint density at radius 1 is 0.769 bits per heavy atom. The molecule has 1 fully saturated rings. The van der Waals surface area contributed by atoms with E-state index in [9.17, 15) is 4.79 Å². The summed E-state index contributed by atoms with van der Waals surface area (Å²) in [5.41, 5.74) is 5.09. The maximum Gasteiger partial charge on any atom is 0.136 e. The molecule has 2 unspecified atom stereocenters. The molecule has 26 heavy (non-hydrogen) atoms. The van der Waals surface area contributed by atoms with E-state index in [1.54, 1.807) is 14.2 Å². The molecule has 0 radical (unpaired) electrons. The molecule has 0 bridgehead atoms. The summed E-state index contributed by atoms with van der Waals surface area (Å²) in [6, 6.07) is 16.5. The number of rotatable bonds is 4. The highest BCUT2D eigenvalue weighted by Gasteiger charge is 2.39. The Bertz CT molecular complexity index is 831. The van der Waals surface area contributed by atoms with Gasteiger partial charge in [-0.2, -0.15) is 0 Å². The number of methoxy groups -OCH3 is 2. The summed E-state index contributed by atoms with van der Waals surface area (Å²) in [5, 5.41) is 0. The van der Waals surface area contributed by atoms with E-state index in [1.807, 2.05) is 24.3 Å². The van der Waals surface area contributed by atoms with E-state index in [0.717, 1.165) is 37.2 Å². The van der Waals surface area contributed by atoms with Gasteiger partial charge in [-0.15, -0.1) is 0 Å². The molecule has 3 nitrogen and oxygen atoms in total. The summed E-state index contributed by atoms with van der Waals surface area (Å²) in [4.78, 5) is 12.4. The molecule has 3 heteroatoms. The van der Waals surface area contributed by atoms with Gasteiger partial charge in [0.2, 0.25) is 0 Å². The summed E-state index contributed by atoms with van der Waals surface area (Å²) in [7, 11) is 3.37. The van der Waals surface area contributed by atoms with Gasteiger partial charge in [-0.1, -0.05) is 24.3 Å².